The molecular weight excluding hydrogens is 216 g/mol. The molecule has 5 heteroatoms. The second kappa shape index (κ2) is 5.07. The molecule has 0 aliphatic heterocycles. The first-order valence-electron chi connectivity index (χ1n) is 5.12. The smallest absolute Gasteiger partial charge is 0.327 e. The first-order chi connectivity index (χ1) is 8.31. The van der Waals surface area contributed by atoms with E-state index < -0.39 is 0 Å². The number of hydrogen-bond acceptors (Lipinski definition) is 3. The van der Waals surface area contributed by atoms with Crippen molar-refractivity contribution in [2.45, 2.75) is 6.04 Å². The second-order valence-electron chi connectivity index (χ2n) is 3.42. The fourth-order valence-corrected chi connectivity index (χ4v) is 1.43. The largest absolute Gasteiger partial charge is 0.327 e. The number of aromatic nitrogens is 3. The number of nitrogens with one attached hydrogen (secondary N) is 1. The van der Waals surface area contributed by atoms with Gasteiger partial charge in [0, 0.05) is 24.8 Å². The van der Waals surface area contributed by atoms with Crippen LogP contribution >= 0.6 is 0 Å². The Kier molecular flexibility index (Phi) is 3.30. The van der Waals surface area contributed by atoms with Crippen LogP contribution in [0.15, 0.2) is 55.9 Å². The zero-order valence-corrected chi connectivity index (χ0v) is 9.15. The van der Waals surface area contributed by atoms with Crippen LogP contribution in [0.2, 0.25) is 0 Å². The molecule has 0 spiro atoms. The molecule has 1 atom stereocenters. The Balaban J connectivity index is 2.11. The van der Waals surface area contributed by atoms with Crippen molar-refractivity contribution in [1.29, 1.82) is 0 Å². The molecule has 1 unspecified atom stereocenters. The van der Waals surface area contributed by atoms with Gasteiger partial charge in [-0.15, -0.1) is 6.58 Å². The highest BCUT2D eigenvalue weighted by Crippen LogP contribution is 2.12. The van der Waals surface area contributed by atoms with Gasteiger partial charge in [-0.2, -0.15) is 0 Å². The normalized spacial score (nSPS) is 11.8. The maximum absolute atomic E-state index is 11.8. The average Bonchev–Trinajstić information content (AvgIpc) is 2.90. The molecule has 0 fully saturated rings. The maximum atomic E-state index is 11.8. The van der Waals surface area contributed by atoms with Gasteiger partial charge in [0.25, 0.3) is 0 Å². The summed E-state index contributed by atoms with van der Waals surface area (Å²) in [6, 6.07) is 3.18. The molecule has 0 bridgehead atoms. The first-order valence-corrected chi connectivity index (χ1v) is 5.12. The molecule has 0 aliphatic carbocycles. The molecule has 0 aromatic carbocycles. The highest BCUT2D eigenvalue weighted by atomic mass is 16.2. The van der Waals surface area contributed by atoms with Crippen LogP contribution in [0.4, 0.5) is 4.79 Å². The Bertz CT molecular complexity index is 492. The highest BCUT2D eigenvalue weighted by Gasteiger charge is 2.11. The number of rotatable bonds is 3. The Labute approximate surface area is 98.8 Å². The van der Waals surface area contributed by atoms with Gasteiger partial charge in [0.05, 0.1) is 6.04 Å². The SMILES string of the molecule is C=CC(NC(=O)n1ccnc1)c1cccnc1. The van der Waals surface area contributed by atoms with Gasteiger partial charge in [0.1, 0.15) is 6.33 Å². The van der Waals surface area contributed by atoms with E-state index in [1.54, 1.807) is 30.9 Å². The third-order valence-electron chi connectivity index (χ3n) is 2.30. The monoisotopic (exact) mass is 228 g/mol. The van der Waals surface area contributed by atoms with Crippen LogP contribution in [0, 0.1) is 0 Å². The Morgan fingerprint density at radius 1 is 1.47 bits per heavy atom. The van der Waals surface area contributed by atoms with Gasteiger partial charge in [0.2, 0.25) is 0 Å². The quantitative estimate of drug-likeness (QED) is 0.814. The second-order valence-corrected chi connectivity index (χ2v) is 3.42. The Hall–Kier alpha value is -2.43. The van der Waals surface area contributed by atoms with Crippen molar-refractivity contribution in [3.8, 4) is 0 Å². The third-order valence-corrected chi connectivity index (χ3v) is 2.30. The van der Waals surface area contributed by atoms with Crippen LogP contribution < -0.4 is 5.32 Å². The molecule has 0 radical (unpaired) electrons. The minimum Gasteiger partial charge on any atom is -0.327 e. The summed E-state index contributed by atoms with van der Waals surface area (Å²) < 4.78 is 1.37. The van der Waals surface area contributed by atoms with Crippen LogP contribution in [0.25, 0.3) is 0 Å². The molecule has 86 valence electrons. The highest BCUT2D eigenvalue weighted by molar-refractivity contribution is 5.77. The molecule has 1 N–H and O–H groups in total. The van der Waals surface area contributed by atoms with E-state index in [9.17, 15) is 4.79 Å². The lowest BCUT2D eigenvalue weighted by molar-refractivity contribution is 0.240. The van der Waals surface area contributed by atoms with E-state index in [2.05, 4.69) is 21.9 Å². The van der Waals surface area contributed by atoms with Gasteiger partial charge in [-0.05, 0) is 11.6 Å². The van der Waals surface area contributed by atoms with Crippen molar-refractivity contribution < 1.29 is 4.79 Å². The van der Waals surface area contributed by atoms with E-state index in [1.807, 2.05) is 12.1 Å². The van der Waals surface area contributed by atoms with Crippen molar-refractivity contribution in [2.24, 2.45) is 0 Å². The summed E-state index contributed by atoms with van der Waals surface area (Å²) >= 11 is 0. The topological polar surface area (TPSA) is 59.8 Å². The standard InChI is InChI=1S/C12H12N4O/c1-2-11(10-4-3-5-13-8-10)15-12(17)16-7-6-14-9-16/h2-9,11H,1H2,(H,15,17). The van der Waals surface area contributed by atoms with Gasteiger partial charge < -0.3 is 5.32 Å². The summed E-state index contributed by atoms with van der Waals surface area (Å²) in [5, 5.41) is 2.81. The fourth-order valence-electron chi connectivity index (χ4n) is 1.43. The molecule has 1 amide bonds. The van der Waals surface area contributed by atoms with Crippen molar-refractivity contribution in [1.82, 2.24) is 19.9 Å². The third kappa shape index (κ3) is 2.57. The zero-order chi connectivity index (χ0) is 12.1. The molecule has 0 saturated carbocycles. The van der Waals surface area contributed by atoms with Crippen molar-refractivity contribution in [2.75, 3.05) is 0 Å². The van der Waals surface area contributed by atoms with Crippen molar-refractivity contribution in [3.05, 3.63) is 61.5 Å². The molecule has 2 aromatic heterocycles. The molecule has 2 rings (SSSR count). The van der Waals surface area contributed by atoms with E-state index in [0.29, 0.717) is 0 Å². The number of pyridine rings is 1. The van der Waals surface area contributed by atoms with Crippen LogP contribution in [0.5, 0.6) is 0 Å². The first kappa shape index (κ1) is 11.1. The van der Waals surface area contributed by atoms with E-state index in [1.165, 1.54) is 10.9 Å². The fraction of sp³-hybridized carbons (Fsp3) is 0.0833. The predicted molar refractivity (Wildman–Crippen MR) is 63.3 cm³/mol. The lowest BCUT2D eigenvalue weighted by Crippen LogP contribution is -2.30. The number of amides is 1. The molecule has 0 aliphatic rings. The zero-order valence-electron chi connectivity index (χ0n) is 9.15. The van der Waals surface area contributed by atoms with Crippen molar-refractivity contribution in [3.63, 3.8) is 0 Å². The van der Waals surface area contributed by atoms with Gasteiger partial charge in [-0.1, -0.05) is 12.1 Å². The summed E-state index contributed by atoms with van der Waals surface area (Å²) in [5.41, 5.74) is 0.885. The molecule has 2 aromatic rings. The number of carbonyl (C=O) groups is 1. The molecule has 17 heavy (non-hydrogen) atoms. The summed E-state index contributed by atoms with van der Waals surface area (Å²) in [7, 11) is 0. The van der Waals surface area contributed by atoms with Crippen LogP contribution in [0.3, 0.4) is 0 Å². The molecule has 2 heterocycles. The van der Waals surface area contributed by atoms with Crippen molar-refractivity contribution >= 4 is 6.03 Å². The summed E-state index contributed by atoms with van der Waals surface area (Å²) in [6.07, 6.45) is 9.61. The van der Waals surface area contributed by atoms with E-state index >= 15 is 0 Å². The number of nitrogens with zero attached hydrogens (tertiary/aromatic N) is 3. The van der Waals surface area contributed by atoms with Crippen LogP contribution in [-0.4, -0.2) is 20.6 Å². The minimum absolute atomic E-state index is 0.253. The molecular formula is C12H12N4O. The minimum atomic E-state index is -0.265. The van der Waals surface area contributed by atoms with E-state index in [-0.39, 0.29) is 12.1 Å². The summed E-state index contributed by atoms with van der Waals surface area (Å²) in [4.78, 5) is 19.6. The van der Waals surface area contributed by atoms with E-state index in [0.717, 1.165) is 5.56 Å². The number of carbonyl (C=O) groups excluding carboxylic acids is 1. The molecule has 5 nitrogen and oxygen atoms in total. The van der Waals surface area contributed by atoms with Gasteiger partial charge in [-0.3, -0.25) is 9.55 Å². The van der Waals surface area contributed by atoms with E-state index in [4.69, 9.17) is 0 Å². The van der Waals surface area contributed by atoms with Crippen LogP contribution in [0.1, 0.15) is 11.6 Å². The maximum Gasteiger partial charge on any atom is 0.327 e. The average molecular weight is 228 g/mol. The Morgan fingerprint density at radius 2 is 2.35 bits per heavy atom. The lowest BCUT2D eigenvalue weighted by Gasteiger charge is -2.14. The summed E-state index contributed by atoms with van der Waals surface area (Å²) in [5.74, 6) is 0. The summed E-state index contributed by atoms with van der Waals surface area (Å²) in [6.45, 7) is 3.70. The van der Waals surface area contributed by atoms with Gasteiger partial charge >= 0.3 is 6.03 Å². The van der Waals surface area contributed by atoms with Gasteiger partial charge in [0.15, 0.2) is 0 Å². The molecule has 0 saturated heterocycles. The van der Waals surface area contributed by atoms with Crippen LogP contribution in [-0.2, 0) is 0 Å². The number of imidazole rings is 1. The van der Waals surface area contributed by atoms with Gasteiger partial charge in [-0.25, -0.2) is 9.78 Å². The Morgan fingerprint density at radius 3 is 2.94 bits per heavy atom. The predicted octanol–water partition coefficient (Wildman–Crippen LogP) is 1.76. The number of hydrogen-bond donors (Lipinski definition) is 1. The lowest BCUT2D eigenvalue weighted by atomic mass is 10.1.